The minimum Gasteiger partial charge on any atom is -0.508 e. The summed E-state index contributed by atoms with van der Waals surface area (Å²) in [5.41, 5.74) is 0.882. The van der Waals surface area contributed by atoms with Crippen LogP contribution in [-0.4, -0.2) is 52.7 Å². The maximum absolute atomic E-state index is 14.2. The van der Waals surface area contributed by atoms with Crippen LogP contribution in [0.1, 0.15) is 72.1 Å². The number of methoxy groups -OCH3 is 1. The summed E-state index contributed by atoms with van der Waals surface area (Å²) in [6, 6.07) is 9.31. The first kappa shape index (κ1) is 31.5. The number of nitrogens with one attached hydrogen (secondary N) is 2. The molecule has 2 rings (SSSR count). The molecule has 3 unspecified atom stereocenters. The van der Waals surface area contributed by atoms with Gasteiger partial charge < -0.3 is 30.1 Å². The lowest BCUT2D eigenvalue weighted by atomic mass is 9.94. The molecule has 0 saturated carbocycles. The smallest absolute Gasteiger partial charge is 0.408 e. The van der Waals surface area contributed by atoms with Crippen LogP contribution in [0, 0.1) is 12.8 Å². The Morgan fingerprint density at radius 3 is 2.13 bits per heavy atom. The number of hydrogen-bond acceptors (Lipinski definition) is 6. The number of nitrogens with zero attached hydrogens (tertiary/aromatic N) is 1. The minimum atomic E-state index is -1.05. The topological polar surface area (TPSA) is 117 Å². The summed E-state index contributed by atoms with van der Waals surface area (Å²) in [6.07, 6.45) is -0.0938. The van der Waals surface area contributed by atoms with Gasteiger partial charge in [-0.1, -0.05) is 26.3 Å². The van der Waals surface area contributed by atoms with E-state index in [1.807, 2.05) is 27.7 Å². The SMILES string of the molecule is CCC(C)C(NC(=O)OC(C)(C)C)C(=O)N(C(C)C)C(C(=O)Nc1ccc(OC)cc1)c1ccc(O)c(C)c1. The standard InChI is InChI=1S/C30H43N3O6/c1-10-19(4)25(32-29(37)39-30(6,7)8)28(36)33(18(2)3)26(21-11-16-24(34)20(5)17-21)27(35)31-22-12-14-23(38-9)15-13-22/h11-19,25-26,34H,10H2,1-9H3,(H,31,35)(H,32,37). The van der Waals surface area contributed by atoms with Crippen molar-refractivity contribution in [2.45, 2.75) is 85.5 Å². The van der Waals surface area contributed by atoms with Crippen molar-refractivity contribution in [3.05, 3.63) is 53.6 Å². The van der Waals surface area contributed by atoms with Crippen molar-refractivity contribution in [2.75, 3.05) is 12.4 Å². The number of alkyl carbamates (subject to hydrolysis) is 1. The normalized spacial score (nSPS) is 13.7. The number of hydrogen-bond donors (Lipinski definition) is 3. The lowest BCUT2D eigenvalue weighted by Gasteiger charge is -2.38. The zero-order valence-electron chi connectivity index (χ0n) is 24.5. The van der Waals surface area contributed by atoms with Gasteiger partial charge in [0.15, 0.2) is 0 Å². The first-order valence-electron chi connectivity index (χ1n) is 13.2. The number of carbonyl (C=O) groups is 3. The number of phenols is 1. The van der Waals surface area contributed by atoms with Gasteiger partial charge in [-0.3, -0.25) is 9.59 Å². The molecule has 9 heteroatoms. The van der Waals surface area contributed by atoms with Gasteiger partial charge in [-0.15, -0.1) is 0 Å². The summed E-state index contributed by atoms with van der Waals surface area (Å²) in [5.74, 6) is -0.363. The fourth-order valence-electron chi connectivity index (χ4n) is 4.13. The molecule has 0 saturated heterocycles. The van der Waals surface area contributed by atoms with Crippen LogP contribution in [0.15, 0.2) is 42.5 Å². The number of anilines is 1. The molecule has 0 bridgehead atoms. The van der Waals surface area contributed by atoms with E-state index in [0.29, 0.717) is 29.0 Å². The van der Waals surface area contributed by atoms with E-state index in [1.54, 1.807) is 71.2 Å². The highest BCUT2D eigenvalue weighted by Gasteiger charge is 2.39. The molecular formula is C30H43N3O6. The van der Waals surface area contributed by atoms with Crippen molar-refractivity contribution in [1.29, 1.82) is 0 Å². The fourth-order valence-corrected chi connectivity index (χ4v) is 4.13. The van der Waals surface area contributed by atoms with E-state index in [0.717, 1.165) is 0 Å². The molecule has 2 aromatic rings. The molecule has 39 heavy (non-hydrogen) atoms. The Morgan fingerprint density at radius 1 is 1.03 bits per heavy atom. The highest BCUT2D eigenvalue weighted by molar-refractivity contribution is 5.99. The molecule has 2 aromatic carbocycles. The molecule has 3 N–H and O–H groups in total. The molecule has 0 heterocycles. The van der Waals surface area contributed by atoms with Crippen molar-refractivity contribution < 1.29 is 29.0 Å². The Morgan fingerprint density at radius 2 is 1.64 bits per heavy atom. The van der Waals surface area contributed by atoms with Gasteiger partial charge in [-0.2, -0.15) is 0 Å². The lowest BCUT2D eigenvalue weighted by Crippen LogP contribution is -2.56. The molecule has 0 spiro atoms. The summed E-state index contributed by atoms with van der Waals surface area (Å²) in [6.45, 7) is 14.4. The highest BCUT2D eigenvalue weighted by atomic mass is 16.6. The molecular weight excluding hydrogens is 498 g/mol. The van der Waals surface area contributed by atoms with Crippen LogP contribution in [0.5, 0.6) is 11.5 Å². The van der Waals surface area contributed by atoms with Crippen LogP contribution < -0.4 is 15.4 Å². The Hall–Kier alpha value is -3.75. The van der Waals surface area contributed by atoms with Crippen molar-refractivity contribution in [2.24, 2.45) is 5.92 Å². The quantitative estimate of drug-likeness (QED) is 0.362. The number of carbonyl (C=O) groups excluding carboxylic acids is 3. The predicted molar refractivity (Wildman–Crippen MR) is 152 cm³/mol. The molecule has 0 radical (unpaired) electrons. The Balaban J connectivity index is 2.56. The molecule has 3 amide bonds. The number of aromatic hydroxyl groups is 1. The van der Waals surface area contributed by atoms with E-state index in [-0.39, 0.29) is 11.7 Å². The second-order valence-corrected chi connectivity index (χ2v) is 11.0. The molecule has 3 atom stereocenters. The number of amides is 3. The van der Waals surface area contributed by atoms with Gasteiger partial charge in [-0.25, -0.2) is 4.79 Å². The third-order valence-electron chi connectivity index (χ3n) is 6.38. The Labute approximate surface area is 231 Å². The summed E-state index contributed by atoms with van der Waals surface area (Å²) in [5, 5.41) is 15.8. The zero-order valence-corrected chi connectivity index (χ0v) is 24.5. The number of rotatable bonds is 10. The van der Waals surface area contributed by atoms with Gasteiger partial charge in [-0.05, 0) is 95.0 Å². The van der Waals surface area contributed by atoms with E-state index < -0.39 is 41.6 Å². The van der Waals surface area contributed by atoms with Gasteiger partial charge >= 0.3 is 6.09 Å². The summed E-state index contributed by atoms with van der Waals surface area (Å²) < 4.78 is 10.6. The Kier molecular flexibility index (Phi) is 10.8. The first-order valence-corrected chi connectivity index (χ1v) is 13.2. The van der Waals surface area contributed by atoms with Crippen LogP contribution >= 0.6 is 0 Å². The molecule has 9 nitrogen and oxygen atoms in total. The summed E-state index contributed by atoms with van der Waals surface area (Å²) in [4.78, 5) is 42.3. The van der Waals surface area contributed by atoms with E-state index in [9.17, 15) is 19.5 Å². The lowest BCUT2D eigenvalue weighted by molar-refractivity contribution is -0.144. The molecule has 0 aliphatic carbocycles. The van der Waals surface area contributed by atoms with Crippen LogP contribution in [0.4, 0.5) is 10.5 Å². The van der Waals surface area contributed by atoms with Crippen LogP contribution in [0.2, 0.25) is 0 Å². The average molecular weight is 542 g/mol. The van der Waals surface area contributed by atoms with Gasteiger partial charge in [0.05, 0.1) is 7.11 Å². The number of aryl methyl sites for hydroxylation is 1. The maximum Gasteiger partial charge on any atom is 0.408 e. The predicted octanol–water partition coefficient (Wildman–Crippen LogP) is 5.57. The second kappa shape index (κ2) is 13.4. The van der Waals surface area contributed by atoms with Crippen LogP contribution in [-0.2, 0) is 14.3 Å². The summed E-state index contributed by atoms with van der Waals surface area (Å²) >= 11 is 0. The van der Waals surface area contributed by atoms with Gasteiger partial charge in [0.1, 0.15) is 29.2 Å². The van der Waals surface area contributed by atoms with Gasteiger partial charge in [0.25, 0.3) is 5.91 Å². The van der Waals surface area contributed by atoms with E-state index in [4.69, 9.17) is 9.47 Å². The second-order valence-electron chi connectivity index (χ2n) is 11.0. The van der Waals surface area contributed by atoms with Crippen molar-refractivity contribution in [3.63, 3.8) is 0 Å². The van der Waals surface area contributed by atoms with Crippen LogP contribution in [0.3, 0.4) is 0 Å². The Bertz CT molecular complexity index is 1140. The summed E-state index contributed by atoms with van der Waals surface area (Å²) in [7, 11) is 1.56. The third kappa shape index (κ3) is 8.63. The number of benzene rings is 2. The van der Waals surface area contributed by atoms with Gasteiger partial charge in [0, 0.05) is 11.7 Å². The van der Waals surface area contributed by atoms with E-state index in [1.165, 1.54) is 11.0 Å². The monoisotopic (exact) mass is 541 g/mol. The third-order valence-corrected chi connectivity index (χ3v) is 6.38. The largest absolute Gasteiger partial charge is 0.508 e. The van der Waals surface area contributed by atoms with Crippen molar-refractivity contribution in [3.8, 4) is 11.5 Å². The van der Waals surface area contributed by atoms with Gasteiger partial charge in [0.2, 0.25) is 5.91 Å². The average Bonchev–Trinajstić information content (AvgIpc) is 2.85. The number of phenolic OH excluding ortho intramolecular Hbond substituents is 1. The van der Waals surface area contributed by atoms with E-state index >= 15 is 0 Å². The minimum absolute atomic E-state index is 0.0829. The molecule has 0 aliphatic heterocycles. The van der Waals surface area contributed by atoms with E-state index in [2.05, 4.69) is 10.6 Å². The zero-order chi connectivity index (χ0) is 29.5. The maximum atomic E-state index is 14.2. The number of ether oxygens (including phenoxy) is 2. The first-order chi connectivity index (χ1) is 18.2. The fraction of sp³-hybridized carbons (Fsp3) is 0.500. The molecule has 214 valence electrons. The molecule has 0 aliphatic rings. The molecule has 0 fully saturated rings. The van der Waals surface area contributed by atoms with Crippen molar-refractivity contribution >= 4 is 23.6 Å². The van der Waals surface area contributed by atoms with Crippen LogP contribution in [0.25, 0.3) is 0 Å². The highest BCUT2D eigenvalue weighted by Crippen LogP contribution is 2.31. The molecule has 0 aromatic heterocycles. The van der Waals surface area contributed by atoms with Crippen molar-refractivity contribution in [1.82, 2.24) is 10.2 Å².